The van der Waals surface area contributed by atoms with Crippen LogP contribution in [0.3, 0.4) is 0 Å². The Labute approximate surface area is 167 Å². The summed E-state index contributed by atoms with van der Waals surface area (Å²) in [4.78, 5) is 23.0. The Morgan fingerprint density at radius 1 is 1.11 bits per heavy atom. The number of aromatic nitrogens is 1. The lowest BCUT2D eigenvalue weighted by atomic mass is 10.1. The summed E-state index contributed by atoms with van der Waals surface area (Å²) in [5.41, 5.74) is 10.9. The third-order valence-electron chi connectivity index (χ3n) is 5.32. The van der Waals surface area contributed by atoms with Gasteiger partial charge in [-0.2, -0.15) is 0 Å². The quantitative estimate of drug-likeness (QED) is 0.670. The van der Waals surface area contributed by atoms with E-state index in [2.05, 4.69) is 16.0 Å². The molecule has 140 valence electrons. The van der Waals surface area contributed by atoms with E-state index in [9.17, 15) is 4.79 Å². The maximum Gasteiger partial charge on any atom is 0.255 e. The molecule has 2 aliphatic rings. The first-order valence-corrected chi connectivity index (χ1v) is 10.3. The largest absolute Gasteiger partial charge is 0.397 e. The van der Waals surface area contributed by atoms with E-state index in [0.717, 1.165) is 34.6 Å². The van der Waals surface area contributed by atoms with E-state index in [1.165, 1.54) is 10.6 Å². The number of fused-ring (bicyclic) bond motifs is 1. The number of pyridine rings is 1. The number of carbonyl (C=O) groups is 1. The maximum atomic E-state index is 13.1. The topological polar surface area (TPSA) is 62.5 Å². The Hall–Kier alpha value is -2.99. The van der Waals surface area contributed by atoms with Gasteiger partial charge in [-0.3, -0.25) is 9.78 Å². The molecule has 0 saturated heterocycles. The highest BCUT2D eigenvalue weighted by atomic mass is 32.2. The summed E-state index contributed by atoms with van der Waals surface area (Å²) in [6.45, 7) is 1.35. The van der Waals surface area contributed by atoms with E-state index in [-0.39, 0.29) is 5.91 Å². The molecule has 28 heavy (non-hydrogen) atoms. The van der Waals surface area contributed by atoms with E-state index in [1.54, 1.807) is 18.0 Å². The van der Waals surface area contributed by atoms with Crippen LogP contribution in [-0.2, 0) is 0 Å². The van der Waals surface area contributed by atoms with Gasteiger partial charge in [0.2, 0.25) is 0 Å². The molecule has 0 fully saturated rings. The summed E-state index contributed by atoms with van der Waals surface area (Å²) in [6.07, 6.45) is 2.52. The summed E-state index contributed by atoms with van der Waals surface area (Å²) in [5, 5.41) is 0.992. The lowest BCUT2D eigenvalue weighted by Crippen LogP contribution is -2.37. The van der Waals surface area contributed by atoms with Gasteiger partial charge in [-0.1, -0.05) is 30.3 Å². The third kappa shape index (κ3) is 2.90. The van der Waals surface area contributed by atoms with Crippen LogP contribution in [0.25, 0.3) is 10.9 Å². The number of nitrogens with zero attached hydrogens (tertiary/aromatic N) is 3. The van der Waals surface area contributed by atoms with Gasteiger partial charge in [0.25, 0.3) is 5.91 Å². The molecule has 3 aromatic rings. The average Bonchev–Trinajstić information content (AvgIpc) is 3.16. The fourth-order valence-corrected chi connectivity index (χ4v) is 5.06. The molecule has 0 aliphatic carbocycles. The molecule has 5 rings (SSSR count). The van der Waals surface area contributed by atoms with Gasteiger partial charge in [0.1, 0.15) is 0 Å². The number of nitrogens with two attached hydrogens (primary N) is 1. The minimum Gasteiger partial charge on any atom is -0.397 e. The molecule has 0 atom stereocenters. The molecule has 0 unspecified atom stereocenters. The maximum absolute atomic E-state index is 13.1. The van der Waals surface area contributed by atoms with Gasteiger partial charge >= 0.3 is 0 Å². The zero-order valence-corrected chi connectivity index (χ0v) is 16.2. The van der Waals surface area contributed by atoms with E-state index >= 15 is 0 Å². The number of hydrogen-bond donors (Lipinski definition) is 1. The van der Waals surface area contributed by atoms with E-state index in [1.807, 2.05) is 53.4 Å². The Balaban J connectivity index is 1.39. The minimum atomic E-state index is 0.0445. The van der Waals surface area contributed by atoms with Crippen molar-refractivity contribution in [2.75, 3.05) is 29.6 Å². The highest BCUT2D eigenvalue weighted by Gasteiger charge is 2.32. The average molecular weight is 388 g/mol. The minimum absolute atomic E-state index is 0.0445. The molecular formula is C22H20N4OS. The standard InChI is InChI=1S/C22H20N4OS/c23-17-6-2-4-8-19(17)26-14-28-21-13-25(10-9-20(21)26)22(27)16-11-15-5-1-3-7-18(15)24-12-16/h1-8,11-12H,9-10,13-14,23H2. The number of thioether (sulfide) groups is 1. The lowest BCUT2D eigenvalue weighted by Gasteiger charge is -2.31. The normalized spacial score (nSPS) is 16.6. The van der Waals surface area contributed by atoms with Crippen molar-refractivity contribution in [3.8, 4) is 0 Å². The summed E-state index contributed by atoms with van der Waals surface area (Å²) >= 11 is 1.80. The zero-order valence-electron chi connectivity index (χ0n) is 15.3. The van der Waals surface area contributed by atoms with Crippen molar-refractivity contribution in [1.82, 2.24) is 9.88 Å². The number of rotatable bonds is 2. The van der Waals surface area contributed by atoms with Gasteiger partial charge in [-0.05, 0) is 24.3 Å². The fourth-order valence-electron chi connectivity index (χ4n) is 3.85. The molecule has 3 heterocycles. The van der Waals surface area contributed by atoms with E-state index in [0.29, 0.717) is 18.7 Å². The molecule has 2 N–H and O–H groups in total. The van der Waals surface area contributed by atoms with Gasteiger partial charge in [-0.25, -0.2) is 0 Å². The number of carbonyl (C=O) groups excluding carboxylic acids is 1. The van der Waals surface area contributed by atoms with Crippen LogP contribution in [0.2, 0.25) is 0 Å². The molecule has 0 radical (unpaired) electrons. The second-order valence-electron chi connectivity index (χ2n) is 7.02. The summed E-state index contributed by atoms with van der Waals surface area (Å²) < 4.78 is 0. The van der Waals surface area contributed by atoms with Crippen LogP contribution in [0.1, 0.15) is 16.8 Å². The monoisotopic (exact) mass is 388 g/mol. The SMILES string of the molecule is Nc1ccccc1N1CSC2=C1CCN(C(=O)c1cnc3ccccc3c1)C2. The number of anilines is 2. The highest BCUT2D eigenvalue weighted by Crippen LogP contribution is 2.41. The third-order valence-corrected chi connectivity index (χ3v) is 6.42. The molecule has 6 heteroatoms. The fraction of sp³-hybridized carbons (Fsp3) is 0.182. The first kappa shape index (κ1) is 17.1. The van der Waals surface area contributed by atoms with Crippen LogP contribution in [0, 0.1) is 0 Å². The Kier molecular flexibility index (Phi) is 4.20. The first-order chi connectivity index (χ1) is 13.7. The molecule has 0 spiro atoms. The van der Waals surface area contributed by atoms with Crippen LogP contribution >= 0.6 is 11.8 Å². The van der Waals surface area contributed by atoms with Crippen molar-refractivity contribution in [1.29, 1.82) is 0 Å². The number of amides is 1. The number of hydrogen-bond acceptors (Lipinski definition) is 5. The zero-order chi connectivity index (χ0) is 19.1. The van der Waals surface area contributed by atoms with Crippen molar-refractivity contribution in [2.45, 2.75) is 6.42 Å². The number of benzene rings is 2. The number of para-hydroxylation sites is 3. The van der Waals surface area contributed by atoms with Gasteiger partial charge in [0.05, 0.1) is 34.9 Å². The lowest BCUT2D eigenvalue weighted by molar-refractivity contribution is 0.0767. The number of nitrogen functional groups attached to an aromatic ring is 1. The van der Waals surface area contributed by atoms with Crippen LogP contribution < -0.4 is 10.6 Å². The van der Waals surface area contributed by atoms with Crippen molar-refractivity contribution >= 4 is 39.9 Å². The van der Waals surface area contributed by atoms with Gasteiger partial charge in [0.15, 0.2) is 0 Å². The van der Waals surface area contributed by atoms with Crippen LogP contribution in [0.4, 0.5) is 11.4 Å². The van der Waals surface area contributed by atoms with Gasteiger partial charge in [-0.15, -0.1) is 11.8 Å². The summed E-state index contributed by atoms with van der Waals surface area (Å²) in [5.74, 6) is 0.890. The second kappa shape index (κ2) is 6.87. The smallest absolute Gasteiger partial charge is 0.255 e. The molecule has 2 aromatic carbocycles. The van der Waals surface area contributed by atoms with E-state index in [4.69, 9.17) is 5.73 Å². The summed E-state index contributed by atoms with van der Waals surface area (Å²) in [7, 11) is 0. The van der Waals surface area contributed by atoms with Gasteiger partial charge in [0, 0.05) is 35.2 Å². The first-order valence-electron chi connectivity index (χ1n) is 9.31. The summed E-state index contributed by atoms with van der Waals surface area (Å²) in [6, 6.07) is 17.8. The van der Waals surface area contributed by atoms with Crippen LogP contribution in [0.5, 0.6) is 0 Å². The molecule has 0 saturated carbocycles. The Bertz CT molecular complexity index is 1110. The van der Waals surface area contributed by atoms with Crippen molar-refractivity contribution in [3.63, 3.8) is 0 Å². The molecule has 5 nitrogen and oxygen atoms in total. The van der Waals surface area contributed by atoms with Crippen LogP contribution in [0.15, 0.2) is 71.4 Å². The van der Waals surface area contributed by atoms with Crippen molar-refractivity contribution < 1.29 is 4.79 Å². The predicted molar refractivity (Wildman–Crippen MR) is 115 cm³/mol. The van der Waals surface area contributed by atoms with Crippen LogP contribution in [-0.4, -0.2) is 34.8 Å². The molecule has 2 aliphatic heterocycles. The molecular weight excluding hydrogens is 368 g/mol. The Morgan fingerprint density at radius 2 is 1.93 bits per heavy atom. The second-order valence-corrected chi connectivity index (χ2v) is 8.06. The highest BCUT2D eigenvalue weighted by molar-refractivity contribution is 8.03. The molecule has 1 amide bonds. The Morgan fingerprint density at radius 3 is 2.82 bits per heavy atom. The van der Waals surface area contributed by atoms with Crippen molar-refractivity contribution in [2.24, 2.45) is 0 Å². The molecule has 0 bridgehead atoms. The van der Waals surface area contributed by atoms with Gasteiger partial charge < -0.3 is 15.5 Å². The van der Waals surface area contributed by atoms with Crippen molar-refractivity contribution in [3.05, 3.63) is 77.0 Å². The molecule has 1 aromatic heterocycles. The predicted octanol–water partition coefficient (Wildman–Crippen LogP) is 4.09. The van der Waals surface area contributed by atoms with E-state index < -0.39 is 0 Å².